The van der Waals surface area contributed by atoms with Crippen molar-refractivity contribution in [1.82, 2.24) is 0 Å². The van der Waals surface area contributed by atoms with Crippen molar-refractivity contribution in [2.45, 2.75) is 31.0 Å². The molecule has 0 saturated heterocycles. The lowest BCUT2D eigenvalue weighted by atomic mass is 10.4. The first-order chi connectivity index (χ1) is 10.3. The molecule has 0 fully saturated rings. The largest absolute Gasteiger partial charge is 0.368 e. The van der Waals surface area contributed by atoms with Crippen LogP contribution in [-0.2, 0) is 14.6 Å². The average molecular weight is 335 g/mol. The van der Waals surface area contributed by atoms with E-state index >= 15 is 0 Å². The molecule has 0 aromatic heterocycles. The molecule has 0 aliphatic carbocycles. The number of hydrogen-bond acceptors (Lipinski definition) is 3. The number of ether oxygens (including phenoxy) is 1. The molecule has 0 atom stereocenters. The highest BCUT2D eigenvalue weighted by atomic mass is 32.2. The highest BCUT2D eigenvalue weighted by Gasteiger charge is 2.19. The average Bonchev–Trinajstić information content (AvgIpc) is 2.46. The van der Waals surface area contributed by atoms with E-state index in [1.54, 1.807) is 30.3 Å². The number of rotatable bonds is 6. The molecular weight excluding hydrogens is 312 g/mol. The molecule has 0 aliphatic heterocycles. The van der Waals surface area contributed by atoms with Crippen LogP contribution in [0.1, 0.15) is 6.42 Å². The molecule has 0 amide bonds. The van der Waals surface area contributed by atoms with E-state index in [1.165, 1.54) is 0 Å². The van der Waals surface area contributed by atoms with Gasteiger partial charge in [-0.2, -0.15) is 0 Å². The Balaban J connectivity index is 2.60. The van der Waals surface area contributed by atoms with E-state index in [2.05, 4.69) is 43.4 Å². The van der Waals surface area contributed by atoms with Crippen LogP contribution in [0.5, 0.6) is 0 Å². The van der Waals surface area contributed by atoms with Gasteiger partial charge in [-0.05, 0) is 12.1 Å². The Bertz CT molecular complexity index is 698. The van der Waals surface area contributed by atoms with Crippen LogP contribution in [0.25, 0.3) is 0 Å². The third kappa shape index (κ3) is 6.04. The zero-order chi connectivity index (χ0) is 16.6. The maximum absolute atomic E-state index is 12.4. The van der Waals surface area contributed by atoms with Crippen molar-refractivity contribution >= 4 is 17.9 Å². The van der Waals surface area contributed by atoms with Gasteiger partial charge in [0.1, 0.15) is 14.7 Å². The standard InChI is InChI=1S/C17H22O3SSi/c1-5-16(12-14-20-13-9-15-22(2,3)4)21(18,19)17-10-7-6-8-11-17/h6-8,10-11H,1,12-14H2,2-4H3. The summed E-state index contributed by atoms with van der Waals surface area (Å²) in [6.45, 7) is 10.6. The molecule has 0 spiro atoms. The molecule has 0 saturated carbocycles. The molecule has 0 radical (unpaired) electrons. The van der Waals surface area contributed by atoms with Crippen molar-refractivity contribution in [1.29, 1.82) is 0 Å². The Morgan fingerprint density at radius 3 is 2.41 bits per heavy atom. The predicted octanol–water partition coefficient (Wildman–Crippen LogP) is 3.42. The van der Waals surface area contributed by atoms with Crippen LogP contribution in [0, 0.1) is 11.5 Å². The van der Waals surface area contributed by atoms with Gasteiger partial charge in [-0.3, -0.25) is 0 Å². The molecule has 3 nitrogen and oxygen atoms in total. The molecule has 0 aliphatic rings. The van der Waals surface area contributed by atoms with Gasteiger partial charge in [-0.15, -0.1) is 11.3 Å². The monoisotopic (exact) mass is 334 g/mol. The molecule has 1 aromatic carbocycles. The fraction of sp³-hybridized carbons (Fsp3) is 0.353. The molecule has 0 unspecified atom stereocenters. The minimum atomic E-state index is -3.53. The third-order valence-electron chi connectivity index (χ3n) is 2.69. The van der Waals surface area contributed by atoms with E-state index in [1.807, 2.05) is 0 Å². The van der Waals surface area contributed by atoms with E-state index in [4.69, 9.17) is 4.74 Å². The minimum absolute atomic E-state index is 0.150. The number of benzene rings is 1. The number of sulfone groups is 1. The summed E-state index contributed by atoms with van der Waals surface area (Å²) in [5.74, 6) is 2.98. The van der Waals surface area contributed by atoms with Crippen molar-refractivity contribution in [2.75, 3.05) is 13.2 Å². The summed E-state index contributed by atoms with van der Waals surface area (Å²) in [5.41, 5.74) is 5.72. The van der Waals surface area contributed by atoms with Gasteiger partial charge >= 0.3 is 0 Å². The molecule has 5 heteroatoms. The molecule has 22 heavy (non-hydrogen) atoms. The van der Waals surface area contributed by atoms with Crippen LogP contribution in [0.15, 0.2) is 52.4 Å². The fourth-order valence-electron chi connectivity index (χ4n) is 1.65. The van der Waals surface area contributed by atoms with Crippen LogP contribution < -0.4 is 0 Å². The second-order valence-electron chi connectivity index (χ2n) is 5.77. The van der Waals surface area contributed by atoms with Crippen molar-refractivity contribution in [3.8, 4) is 11.5 Å². The van der Waals surface area contributed by atoms with Crippen LogP contribution >= 0.6 is 0 Å². The lowest BCUT2D eigenvalue weighted by Gasteiger charge is -2.07. The molecule has 0 heterocycles. The normalized spacial score (nSPS) is 11.2. The Morgan fingerprint density at radius 2 is 1.86 bits per heavy atom. The van der Waals surface area contributed by atoms with E-state index in [0.717, 1.165) is 0 Å². The Morgan fingerprint density at radius 1 is 1.23 bits per heavy atom. The van der Waals surface area contributed by atoms with Crippen LogP contribution in [0.2, 0.25) is 19.6 Å². The maximum Gasteiger partial charge on any atom is 0.210 e. The first-order valence-corrected chi connectivity index (χ1v) is 12.0. The summed E-state index contributed by atoms with van der Waals surface area (Å²) < 4.78 is 30.2. The second kappa shape index (κ2) is 8.16. The highest BCUT2D eigenvalue weighted by Crippen LogP contribution is 2.20. The van der Waals surface area contributed by atoms with Crippen molar-refractivity contribution in [2.24, 2.45) is 0 Å². The zero-order valence-electron chi connectivity index (χ0n) is 13.3. The van der Waals surface area contributed by atoms with Crippen LogP contribution in [-0.4, -0.2) is 29.7 Å². The summed E-state index contributed by atoms with van der Waals surface area (Å²) in [5, 5.41) is 0. The van der Waals surface area contributed by atoms with E-state index in [-0.39, 0.29) is 22.8 Å². The first kappa shape index (κ1) is 18.5. The van der Waals surface area contributed by atoms with Gasteiger partial charge in [0.25, 0.3) is 0 Å². The summed E-state index contributed by atoms with van der Waals surface area (Å²) in [7, 11) is -4.92. The maximum atomic E-state index is 12.4. The summed E-state index contributed by atoms with van der Waals surface area (Å²) in [6.07, 6.45) is 0.245. The summed E-state index contributed by atoms with van der Waals surface area (Å²) in [6, 6.07) is 8.28. The fourth-order valence-corrected chi connectivity index (χ4v) is 3.59. The highest BCUT2D eigenvalue weighted by molar-refractivity contribution is 7.95. The van der Waals surface area contributed by atoms with Crippen molar-refractivity contribution in [3.05, 3.63) is 47.5 Å². The molecule has 1 rings (SSSR count). The van der Waals surface area contributed by atoms with Gasteiger partial charge in [0.05, 0.1) is 16.4 Å². The molecular formula is C17H22O3SSi. The minimum Gasteiger partial charge on any atom is -0.368 e. The van der Waals surface area contributed by atoms with E-state index in [0.29, 0.717) is 6.61 Å². The third-order valence-corrected chi connectivity index (χ3v) is 5.50. The predicted molar refractivity (Wildman–Crippen MR) is 92.8 cm³/mol. The lowest BCUT2D eigenvalue weighted by Crippen LogP contribution is -2.16. The molecule has 0 N–H and O–H groups in total. The second-order valence-corrected chi connectivity index (χ2v) is 12.5. The summed E-state index contributed by atoms with van der Waals surface area (Å²) in [4.78, 5) is 0.400. The molecule has 1 aromatic rings. The van der Waals surface area contributed by atoms with Crippen molar-refractivity contribution < 1.29 is 13.2 Å². The Hall–Kier alpha value is -1.57. The molecule has 118 valence electrons. The van der Waals surface area contributed by atoms with Crippen LogP contribution in [0.3, 0.4) is 0 Å². The Labute approximate surface area is 134 Å². The smallest absolute Gasteiger partial charge is 0.210 e. The Kier molecular flexibility index (Phi) is 6.86. The van der Waals surface area contributed by atoms with Crippen molar-refractivity contribution in [3.63, 3.8) is 0 Å². The number of hydrogen-bond donors (Lipinski definition) is 0. The zero-order valence-corrected chi connectivity index (χ0v) is 15.2. The van der Waals surface area contributed by atoms with Gasteiger partial charge in [0.15, 0.2) is 0 Å². The van der Waals surface area contributed by atoms with Gasteiger partial charge in [0.2, 0.25) is 9.84 Å². The van der Waals surface area contributed by atoms with E-state index in [9.17, 15) is 8.42 Å². The SMILES string of the molecule is C=C=C(CCOCC#C[Si](C)(C)C)S(=O)(=O)c1ccccc1. The van der Waals surface area contributed by atoms with Gasteiger partial charge in [-0.25, -0.2) is 8.42 Å². The molecule has 0 bridgehead atoms. The van der Waals surface area contributed by atoms with Crippen LogP contribution in [0.4, 0.5) is 0 Å². The van der Waals surface area contributed by atoms with Gasteiger partial charge < -0.3 is 4.74 Å². The summed E-state index contributed by atoms with van der Waals surface area (Å²) >= 11 is 0. The van der Waals surface area contributed by atoms with E-state index < -0.39 is 17.9 Å². The quantitative estimate of drug-likeness (QED) is 0.346. The van der Waals surface area contributed by atoms with Gasteiger partial charge in [0, 0.05) is 6.42 Å². The topological polar surface area (TPSA) is 43.4 Å². The van der Waals surface area contributed by atoms with Gasteiger partial charge in [-0.1, -0.05) is 50.3 Å². The lowest BCUT2D eigenvalue weighted by molar-refractivity contribution is 0.171. The first-order valence-electron chi connectivity index (χ1n) is 7.04.